The summed E-state index contributed by atoms with van der Waals surface area (Å²) in [5, 5.41) is 23.5. The fourth-order valence-electron chi connectivity index (χ4n) is 4.25. The van der Waals surface area contributed by atoms with Crippen LogP contribution in [0.5, 0.6) is 0 Å². The van der Waals surface area contributed by atoms with E-state index in [9.17, 15) is 14.7 Å². The number of rotatable bonds is 13. The van der Waals surface area contributed by atoms with Crippen LogP contribution >= 0.6 is 0 Å². The number of carbonyl (C=O) groups excluding carboxylic acids is 2. The van der Waals surface area contributed by atoms with Crippen molar-refractivity contribution in [2.24, 2.45) is 11.5 Å². The smallest absolute Gasteiger partial charge is 0.237 e. The molecule has 1 heterocycles. The zero-order valence-electron chi connectivity index (χ0n) is 19.7. The standard InChI is InChI=1S/C26H34N6O3/c27-21(15-18-16-31-22-10-5-4-9-19(18)22)25(35)32-23(11-6-13-30-26(28)29)24(34)20(12-14-33)17-7-2-1-3-8-17/h1-5,7-10,16,20-21,23,31,33H,6,11-15,27H2,(H,32,35)(H4,28,29,30). The van der Waals surface area contributed by atoms with Gasteiger partial charge in [-0.2, -0.15) is 0 Å². The van der Waals surface area contributed by atoms with E-state index in [1.54, 1.807) is 0 Å². The molecule has 3 aromatic rings. The molecule has 0 saturated heterocycles. The number of benzene rings is 2. The topological polar surface area (TPSA) is 170 Å². The second-order valence-electron chi connectivity index (χ2n) is 8.59. The zero-order chi connectivity index (χ0) is 25.2. The van der Waals surface area contributed by atoms with Gasteiger partial charge >= 0.3 is 0 Å². The molecule has 0 bridgehead atoms. The van der Waals surface area contributed by atoms with E-state index in [-0.39, 0.29) is 24.8 Å². The van der Waals surface area contributed by atoms with Crippen molar-refractivity contribution in [3.05, 3.63) is 71.9 Å². The first-order valence-electron chi connectivity index (χ1n) is 11.8. The van der Waals surface area contributed by atoms with Gasteiger partial charge in [0, 0.05) is 36.2 Å². The van der Waals surface area contributed by atoms with E-state index < -0.39 is 23.9 Å². The first-order chi connectivity index (χ1) is 16.9. The Balaban J connectivity index is 1.73. The maximum atomic E-state index is 13.6. The Hall–Kier alpha value is -3.69. The lowest BCUT2D eigenvalue weighted by atomic mass is 9.86. The monoisotopic (exact) mass is 478 g/mol. The maximum Gasteiger partial charge on any atom is 0.237 e. The summed E-state index contributed by atoms with van der Waals surface area (Å²) in [5.41, 5.74) is 14.3. The molecular weight excluding hydrogens is 444 g/mol. The van der Waals surface area contributed by atoms with Crippen LogP contribution < -0.4 is 22.1 Å². The van der Waals surface area contributed by atoms with E-state index in [0.29, 0.717) is 25.8 Å². The van der Waals surface area contributed by atoms with Gasteiger partial charge in [-0.15, -0.1) is 0 Å². The van der Waals surface area contributed by atoms with Crippen LogP contribution in [0, 0.1) is 5.41 Å². The number of guanidine groups is 1. The van der Waals surface area contributed by atoms with Gasteiger partial charge in [0.1, 0.15) is 0 Å². The molecule has 1 aromatic heterocycles. The average Bonchev–Trinajstić information content (AvgIpc) is 3.27. The number of nitrogens with two attached hydrogens (primary N) is 2. The van der Waals surface area contributed by atoms with Gasteiger partial charge in [0.2, 0.25) is 5.91 Å². The Morgan fingerprint density at radius 3 is 2.49 bits per heavy atom. The van der Waals surface area contributed by atoms with Crippen LogP contribution in [0.25, 0.3) is 10.9 Å². The molecule has 0 aliphatic carbocycles. The molecule has 0 saturated carbocycles. The molecule has 3 unspecified atom stereocenters. The highest BCUT2D eigenvalue weighted by Crippen LogP contribution is 2.24. The van der Waals surface area contributed by atoms with E-state index in [4.69, 9.17) is 16.9 Å². The summed E-state index contributed by atoms with van der Waals surface area (Å²) in [6.45, 7) is 0.240. The van der Waals surface area contributed by atoms with Crippen LogP contribution in [0.4, 0.5) is 0 Å². The van der Waals surface area contributed by atoms with Crippen molar-refractivity contribution in [1.29, 1.82) is 5.41 Å². The van der Waals surface area contributed by atoms with Gasteiger partial charge in [-0.25, -0.2) is 0 Å². The highest BCUT2D eigenvalue weighted by atomic mass is 16.3. The molecule has 0 spiro atoms. The number of aromatic amines is 1. The Bertz CT molecular complexity index is 1130. The lowest BCUT2D eigenvalue weighted by Crippen LogP contribution is -2.50. The van der Waals surface area contributed by atoms with Crippen molar-refractivity contribution in [2.75, 3.05) is 13.2 Å². The lowest BCUT2D eigenvalue weighted by molar-refractivity contribution is -0.129. The highest BCUT2D eigenvalue weighted by molar-refractivity contribution is 5.95. The van der Waals surface area contributed by atoms with Gasteiger partial charge in [0.05, 0.1) is 12.1 Å². The number of para-hydroxylation sites is 1. The van der Waals surface area contributed by atoms with Crippen LogP contribution in [0.2, 0.25) is 0 Å². The van der Waals surface area contributed by atoms with Crippen LogP contribution in [-0.4, -0.2) is 53.0 Å². The molecule has 3 rings (SSSR count). The molecule has 0 fully saturated rings. The number of H-pyrrole nitrogens is 1. The maximum absolute atomic E-state index is 13.6. The lowest BCUT2D eigenvalue weighted by Gasteiger charge is -2.25. The Morgan fingerprint density at radius 1 is 1.06 bits per heavy atom. The van der Waals surface area contributed by atoms with Gasteiger partial charge in [-0.1, -0.05) is 48.5 Å². The van der Waals surface area contributed by atoms with Crippen LogP contribution in [-0.2, 0) is 16.0 Å². The molecule has 9 N–H and O–H groups in total. The van der Waals surface area contributed by atoms with E-state index in [1.165, 1.54) is 0 Å². The number of Topliss-reactive ketones (excluding diaryl/α,β-unsaturated/α-hetero) is 1. The third kappa shape index (κ3) is 7.14. The summed E-state index contributed by atoms with van der Waals surface area (Å²) in [5.74, 6) is -1.30. The zero-order valence-corrected chi connectivity index (χ0v) is 19.7. The fourth-order valence-corrected chi connectivity index (χ4v) is 4.25. The van der Waals surface area contributed by atoms with Crippen molar-refractivity contribution in [3.63, 3.8) is 0 Å². The number of fused-ring (bicyclic) bond motifs is 1. The number of aromatic nitrogens is 1. The number of nitrogens with one attached hydrogen (secondary N) is 4. The molecule has 35 heavy (non-hydrogen) atoms. The summed E-state index contributed by atoms with van der Waals surface area (Å²) in [4.78, 5) is 29.8. The molecule has 3 atom stereocenters. The number of hydrogen-bond donors (Lipinski definition) is 7. The van der Waals surface area contributed by atoms with Gasteiger partial charge < -0.3 is 32.2 Å². The van der Waals surface area contributed by atoms with E-state index in [1.807, 2.05) is 60.8 Å². The number of aliphatic hydroxyl groups excluding tert-OH is 1. The predicted molar refractivity (Wildman–Crippen MR) is 137 cm³/mol. The molecule has 0 radical (unpaired) electrons. The molecular formula is C26H34N6O3. The van der Waals surface area contributed by atoms with Gasteiger partial charge in [0.15, 0.2) is 11.7 Å². The van der Waals surface area contributed by atoms with E-state index in [2.05, 4.69) is 15.6 Å². The third-order valence-corrected chi connectivity index (χ3v) is 6.06. The number of ketones is 1. The SMILES string of the molecule is N=C(N)NCCCC(NC(=O)C(N)Cc1c[nH]c2ccccc12)C(=O)C(CCO)c1ccccc1. The number of carbonyl (C=O) groups is 2. The summed E-state index contributed by atoms with van der Waals surface area (Å²) in [7, 11) is 0. The van der Waals surface area contributed by atoms with Crippen LogP contribution in [0.15, 0.2) is 60.8 Å². The van der Waals surface area contributed by atoms with Crippen molar-refractivity contribution in [3.8, 4) is 0 Å². The number of aliphatic hydroxyl groups is 1. The van der Waals surface area contributed by atoms with Gasteiger partial charge in [0.25, 0.3) is 0 Å². The van der Waals surface area contributed by atoms with Crippen LogP contribution in [0.3, 0.4) is 0 Å². The first kappa shape index (κ1) is 25.9. The Labute approximate surface area is 204 Å². The minimum atomic E-state index is -0.840. The van der Waals surface area contributed by atoms with Crippen molar-refractivity contribution in [2.45, 2.75) is 43.7 Å². The normalized spacial score (nSPS) is 13.7. The van der Waals surface area contributed by atoms with Crippen molar-refractivity contribution in [1.82, 2.24) is 15.6 Å². The molecule has 9 nitrogen and oxygen atoms in total. The van der Waals surface area contributed by atoms with Gasteiger partial charge in [-0.05, 0) is 42.9 Å². The highest BCUT2D eigenvalue weighted by Gasteiger charge is 2.30. The minimum Gasteiger partial charge on any atom is -0.396 e. The van der Waals surface area contributed by atoms with Gasteiger partial charge in [-0.3, -0.25) is 15.0 Å². The second kappa shape index (κ2) is 12.7. The molecule has 0 aliphatic heterocycles. The molecule has 0 aliphatic rings. The predicted octanol–water partition coefficient (Wildman–Crippen LogP) is 1.52. The molecule has 9 heteroatoms. The van der Waals surface area contributed by atoms with Crippen molar-refractivity contribution < 1.29 is 14.7 Å². The Morgan fingerprint density at radius 2 is 1.77 bits per heavy atom. The van der Waals surface area contributed by atoms with Crippen LogP contribution in [0.1, 0.15) is 36.3 Å². The Kier molecular flexibility index (Phi) is 9.39. The average molecular weight is 479 g/mol. The summed E-state index contributed by atoms with van der Waals surface area (Å²) in [6.07, 6.45) is 3.28. The van der Waals surface area contributed by atoms with E-state index in [0.717, 1.165) is 22.0 Å². The van der Waals surface area contributed by atoms with Crippen molar-refractivity contribution >= 4 is 28.6 Å². The summed E-state index contributed by atoms with van der Waals surface area (Å²) < 4.78 is 0. The summed E-state index contributed by atoms with van der Waals surface area (Å²) >= 11 is 0. The minimum absolute atomic E-state index is 0.153. The molecule has 2 aromatic carbocycles. The summed E-state index contributed by atoms with van der Waals surface area (Å²) in [6, 6.07) is 15.4. The number of hydrogen-bond acceptors (Lipinski definition) is 5. The quantitative estimate of drug-likeness (QED) is 0.112. The fraction of sp³-hybridized carbons (Fsp3) is 0.346. The molecule has 186 valence electrons. The second-order valence-corrected chi connectivity index (χ2v) is 8.59. The largest absolute Gasteiger partial charge is 0.396 e. The first-order valence-corrected chi connectivity index (χ1v) is 11.8. The third-order valence-electron chi connectivity index (χ3n) is 6.06. The van der Waals surface area contributed by atoms with E-state index >= 15 is 0 Å². The molecule has 1 amide bonds. The number of amides is 1.